The van der Waals surface area contributed by atoms with E-state index in [9.17, 15) is 0 Å². The number of benzene rings is 1. The largest absolute Gasteiger partial charge is 0.497 e. The molecule has 0 radical (unpaired) electrons. The maximum Gasteiger partial charge on any atom is 0.222 e. The van der Waals surface area contributed by atoms with Gasteiger partial charge in [0.25, 0.3) is 0 Å². The van der Waals surface area contributed by atoms with Crippen LogP contribution >= 0.6 is 0 Å². The summed E-state index contributed by atoms with van der Waals surface area (Å²) in [5, 5.41) is 0. The second-order valence-corrected chi connectivity index (χ2v) is 4.31. The number of hydrogen-bond acceptors (Lipinski definition) is 5. The van der Waals surface area contributed by atoms with Crippen molar-refractivity contribution in [2.45, 2.75) is 12.8 Å². The third-order valence-corrected chi connectivity index (χ3v) is 3.25. The van der Waals surface area contributed by atoms with Crippen LogP contribution < -0.4 is 16.2 Å². The average Bonchev–Trinajstić information content (AvgIpc) is 2.36. The molecule has 5 nitrogen and oxygen atoms in total. The third kappa shape index (κ3) is 1.55. The van der Waals surface area contributed by atoms with Gasteiger partial charge < -0.3 is 16.2 Å². The van der Waals surface area contributed by atoms with E-state index in [0.717, 1.165) is 35.4 Å². The Kier molecular flexibility index (Phi) is 2.33. The summed E-state index contributed by atoms with van der Waals surface area (Å²) in [7, 11) is 1.65. The minimum absolute atomic E-state index is 0.234. The topological polar surface area (TPSA) is 87.0 Å². The van der Waals surface area contributed by atoms with Crippen molar-refractivity contribution in [1.82, 2.24) is 9.97 Å². The first kappa shape index (κ1) is 10.8. The molecular formula is C13H14N4O. The lowest BCUT2D eigenvalue weighted by Gasteiger charge is -2.20. The molecule has 0 saturated heterocycles. The fourth-order valence-electron chi connectivity index (χ4n) is 2.41. The van der Waals surface area contributed by atoms with Gasteiger partial charge in [0.05, 0.1) is 12.8 Å². The highest BCUT2D eigenvalue weighted by molar-refractivity contribution is 5.81. The Balaban J connectivity index is 2.26. The summed E-state index contributed by atoms with van der Waals surface area (Å²) in [5.74, 6) is 1.47. The molecule has 1 heterocycles. The van der Waals surface area contributed by atoms with E-state index in [-0.39, 0.29) is 5.95 Å². The number of aryl methyl sites for hydroxylation is 2. The molecule has 0 bridgehead atoms. The summed E-state index contributed by atoms with van der Waals surface area (Å²) >= 11 is 0. The van der Waals surface area contributed by atoms with Crippen LogP contribution in [-0.2, 0) is 12.8 Å². The molecule has 0 fully saturated rings. The first-order valence-electron chi connectivity index (χ1n) is 5.78. The van der Waals surface area contributed by atoms with Gasteiger partial charge in [0, 0.05) is 5.56 Å². The molecule has 92 valence electrons. The molecule has 1 aliphatic carbocycles. The van der Waals surface area contributed by atoms with E-state index in [1.807, 2.05) is 12.1 Å². The fraction of sp³-hybridized carbons (Fsp3) is 0.231. The lowest BCUT2D eigenvalue weighted by Crippen LogP contribution is -2.12. The van der Waals surface area contributed by atoms with Gasteiger partial charge in [-0.15, -0.1) is 0 Å². The zero-order valence-corrected chi connectivity index (χ0v) is 10.1. The number of nitrogens with two attached hydrogens (primary N) is 2. The summed E-state index contributed by atoms with van der Waals surface area (Å²) in [6, 6.07) is 5.99. The number of fused-ring (bicyclic) bond motifs is 3. The van der Waals surface area contributed by atoms with Gasteiger partial charge in [-0.1, -0.05) is 6.07 Å². The Morgan fingerprint density at radius 1 is 1.17 bits per heavy atom. The number of nitrogens with zero attached hydrogens (tertiary/aromatic N) is 2. The van der Waals surface area contributed by atoms with E-state index in [1.165, 1.54) is 5.56 Å². The van der Waals surface area contributed by atoms with Crippen LogP contribution in [0, 0.1) is 0 Å². The van der Waals surface area contributed by atoms with Gasteiger partial charge in [0.1, 0.15) is 11.6 Å². The zero-order chi connectivity index (χ0) is 12.7. The van der Waals surface area contributed by atoms with Crippen molar-refractivity contribution in [3.8, 4) is 16.9 Å². The Morgan fingerprint density at radius 3 is 2.78 bits per heavy atom. The SMILES string of the molecule is COc1ccc2c(c1)-c1c(N)nc(N)nc1CC2. The molecule has 0 saturated carbocycles. The van der Waals surface area contributed by atoms with Gasteiger partial charge in [-0.05, 0) is 36.1 Å². The van der Waals surface area contributed by atoms with Crippen LogP contribution in [0.25, 0.3) is 11.1 Å². The van der Waals surface area contributed by atoms with Crippen LogP contribution in [0.1, 0.15) is 11.3 Å². The van der Waals surface area contributed by atoms with Crippen molar-refractivity contribution >= 4 is 11.8 Å². The van der Waals surface area contributed by atoms with Crippen molar-refractivity contribution in [2.24, 2.45) is 0 Å². The van der Waals surface area contributed by atoms with Crippen molar-refractivity contribution in [1.29, 1.82) is 0 Å². The van der Waals surface area contributed by atoms with Gasteiger partial charge in [-0.2, -0.15) is 4.98 Å². The molecular weight excluding hydrogens is 228 g/mol. The fourth-order valence-corrected chi connectivity index (χ4v) is 2.41. The molecule has 1 aromatic heterocycles. The van der Waals surface area contributed by atoms with E-state index < -0.39 is 0 Å². The first-order chi connectivity index (χ1) is 8.69. The average molecular weight is 242 g/mol. The minimum atomic E-state index is 0.234. The predicted octanol–water partition coefficient (Wildman–Crippen LogP) is 1.42. The van der Waals surface area contributed by atoms with Crippen molar-refractivity contribution in [2.75, 3.05) is 18.6 Å². The summed E-state index contributed by atoms with van der Waals surface area (Å²) in [5.41, 5.74) is 15.7. The molecule has 1 aromatic carbocycles. The van der Waals surface area contributed by atoms with E-state index in [1.54, 1.807) is 7.11 Å². The number of rotatable bonds is 1. The van der Waals surface area contributed by atoms with Crippen molar-refractivity contribution in [3.63, 3.8) is 0 Å². The molecule has 0 unspecified atom stereocenters. The van der Waals surface area contributed by atoms with Gasteiger partial charge in [0.2, 0.25) is 5.95 Å². The van der Waals surface area contributed by atoms with Gasteiger partial charge in [-0.25, -0.2) is 4.98 Å². The number of aromatic nitrogens is 2. The van der Waals surface area contributed by atoms with E-state index >= 15 is 0 Å². The molecule has 0 aliphatic heterocycles. The number of anilines is 2. The Hall–Kier alpha value is -2.30. The predicted molar refractivity (Wildman–Crippen MR) is 70.3 cm³/mol. The molecule has 18 heavy (non-hydrogen) atoms. The number of ether oxygens (including phenoxy) is 1. The van der Waals surface area contributed by atoms with Crippen LogP contribution in [0.2, 0.25) is 0 Å². The summed E-state index contributed by atoms with van der Waals surface area (Å²) in [6.07, 6.45) is 1.77. The third-order valence-electron chi connectivity index (χ3n) is 3.25. The van der Waals surface area contributed by atoms with Crippen LogP contribution in [0.5, 0.6) is 5.75 Å². The normalized spacial score (nSPS) is 12.7. The monoisotopic (exact) mass is 242 g/mol. The molecule has 1 aliphatic rings. The summed E-state index contributed by atoms with van der Waals surface area (Å²) in [4.78, 5) is 8.32. The summed E-state index contributed by atoms with van der Waals surface area (Å²) in [6.45, 7) is 0. The highest BCUT2D eigenvalue weighted by Gasteiger charge is 2.21. The maximum atomic E-state index is 5.98. The molecule has 0 amide bonds. The van der Waals surface area contributed by atoms with E-state index in [2.05, 4.69) is 16.0 Å². The maximum absolute atomic E-state index is 5.98. The van der Waals surface area contributed by atoms with Crippen molar-refractivity contribution < 1.29 is 4.74 Å². The van der Waals surface area contributed by atoms with Crippen LogP contribution in [-0.4, -0.2) is 17.1 Å². The Labute approximate surface area is 105 Å². The standard InChI is InChI=1S/C13H14N4O/c1-18-8-4-2-7-3-5-10-11(9(7)6-8)12(14)17-13(15)16-10/h2,4,6H,3,5H2,1H3,(H4,14,15,16,17). The summed E-state index contributed by atoms with van der Waals surface area (Å²) < 4.78 is 5.25. The number of methoxy groups -OCH3 is 1. The Bertz CT molecular complexity index is 625. The van der Waals surface area contributed by atoms with Crippen LogP contribution in [0.4, 0.5) is 11.8 Å². The van der Waals surface area contributed by atoms with Crippen LogP contribution in [0.3, 0.4) is 0 Å². The second-order valence-electron chi connectivity index (χ2n) is 4.31. The molecule has 0 spiro atoms. The highest BCUT2D eigenvalue weighted by atomic mass is 16.5. The smallest absolute Gasteiger partial charge is 0.222 e. The highest BCUT2D eigenvalue weighted by Crippen LogP contribution is 2.37. The lowest BCUT2D eigenvalue weighted by atomic mass is 9.88. The molecule has 4 N–H and O–H groups in total. The lowest BCUT2D eigenvalue weighted by molar-refractivity contribution is 0.415. The first-order valence-corrected chi connectivity index (χ1v) is 5.78. The Morgan fingerprint density at radius 2 is 2.00 bits per heavy atom. The van der Waals surface area contributed by atoms with Gasteiger partial charge >= 0.3 is 0 Å². The quantitative estimate of drug-likeness (QED) is 0.789. The van der Waals surface area contributed by atoms with Gasteiger partial charge in [0.15, 0.2) is 0 Å². The minimum Gasteiger partial charge on any atom is -0.497 e. The number of nitrogen functional groups attached to an aromatic ring is 2. The van der Waals surface area contributed by atoms with Crippen LogP contribution in [0.15, 0.2) is 18.2 Å². The van der Waals surface area contributed by atoms with Gasteiger partial charge in [-0.3, -0.25) is 0 Å². The molecule has 2 aromatic rings. The van der Waals surface area contributed by atoms with E-state index in [4.69, 9.17) is 16.2 Å². The number of hydrogen-bond donors (Lipinski definition) is 2. The molecule has 3 rings (SSSR count). The van der Waals surface area contributed by atoms with E-state index in [0.29, 0.717) is 5.82 Å². The zero-order valence-electron chi connectivity index (χ0n) is 10.1. The molecule has 5 heteroatoms. The van der Waals surface area contributed by atoms with Crippen molar-refractivity contribution in [3.05, 3.63) is 29.5 Å². The molecule has 0 atom stereocenters. The second kappa shape index (κ2) is 3.87.